The quantitative estimate of drug-likeness (QED) is 0.400. The number of fused-ring (bicyclic) bond motifs is 4. The van der Waals surface area contributed by atoms with Crippen molar-refractivity contribution in [2.24, 2.45) is 11.7 Å². The molecule has 1 atom stereocenters. The third-order valence-electron chi connectivity index (χ3n) is 7.30. The summed E-state index contributed by atoms with van der Waals surface area (Å²) in [6.45, 7) is 4.78. The maximum absolute atomic E-state index is 14.8. The van der Waals surface area contributed by atoms with Gasteiger partial charge in [0.2, 0.25) is 17.7 Å². The van der Waals surface area contributed by atoms with Crippen LogP contribution in [0.3, 0.4) is 0 Å². The minimum absolute atomic E-state index is 0.0827. The van der Waals surface area contributed by atoms with Gasteiger partial charge in [-0.2, -0.15) is 15.0 Å². The average molecular weight is 502 g/mol. The molecule has 2 N–H and O–H groups in total. The fourth-order valence-electron chi connectivity index (χ4n) is 5.53. The van der Waals surface area contributed by atoms with Crippen LogP contribution >= 0.6 is 0 Å². The summed E-state index contributed by atoms with van der Waals surface area (Å²) in [7, 11) is 0. The number of ether oxygens (including phenoxy) is 1. The number of nitriles is 1. The zero-order valence-electron chi connectivity index (χ0n) is 21.3. The molecule has 4 aromatic rings. The largest absolute Gasteiger partial charge is 0.422 e. The topological polar surface area (TPSA) is 97.2 Å². The van der Waals surface area contributed by atoms with Crippen LogP contribution in [0.25, 0.3) is 16.9 Å². The van der Waals surface area contributed by atoms with Crippen LogP contribution in [0.5, 0.6) is 5.88 Å². The molecule has 1 spiro atoms. The van der Waals surface area contributed by atoms with Gasteiger partial charge in [0.05, 0.1) is 11.3 Å². The first-order valence-corrected chi connectivity index (χ1v) is 12.7. The lowest BCUT2D eigenvalue weighted by Crippen LogP contribution is -2.46. The molecule has 1 aromatic heterocycles. The zero-order chi connectivity index (χ0) is 26.4. The van der Waals surface area contributed by atoms with Crippen LogP contribution in [-0.2, 0) is 10.2 Å². The van der Waals surface area contributed by atoms with Gasteiger partial charge in [-0.1, -0.05) is 80.6 Å². The summed E-state index contributed by atoms with van der Waals surface area (Å²) in [5, 5.41) is 15.5. The van der Waals surface area contributed by atoms with E-state index in [0.29, 0.717) is 35.2 Å². The van der Waals surface area contributed by atoms with Gasteiger partial charge < -0.3 is 15.4 Å². The molecule has 0 aliphatic carbocycles. The molecule has 2 aliphatic rings. The number of nitrogens with zero attached hydrogens (tertiary/aromatic N) is 4. The standard InChI is InChI=1S/C31H27N5O2/c1-20(2)17-18-35-25-16-10-9-15-23(25)31(30(35)37)24(19-32)28(33)38-29-26(31)27(21-11-5-3-6-12-21)34-36(29)22-13-7-4-8-14-22/h3-16,20H,17-18,33H2,1-2H3. The third-order valence-corrected chi connectivity index (χ3v) is 7.30. The number of amides is 1. The summed E-state index contributed by atoms with van der Waals surface area (Å²) in [6, 6.07) is 29.2. The van der Waals surface area contributed by atoms with Crippen molar-refractivity contribution in [2.45, 2.75) is 25.7 Å². The highest BCUT2D eigenvalue weighted by atomic mass is 16.5. The first-order chi connectivity index (χ1) is 18.5. The molecule has 1 amide bonds. The lowest BCUT2D eigenvalue weighted by atomic mass is 9.68. The third kappa shape index (κ3) is 3.27. The van der Waals surface area contributed by atoms with Crippen LogP contribution in [0.15, 0.2) is 96.4 Å². The highest BCUT2D eigenvalue weighted by Gasteiger charge is 2.61. The van der Waals surface area contributed by atoms with Crippen molar-refractivity contribution in [3.05, 3.63) is 108 Å². The van der Waals surface area contributed by atoms with Crippen molar-refractivity contribution in [2.75, 3.05) is 11.4 Å². The van der Waals surface area contributed by atoms with Crippen molar-refractivity contribution in [1.29, 1.82) is 5.26 Å². The number of hydrogen-bond acceptors (Lipinski definition) is 5. The minimum Gasteiger partial charge on any atom is -0.422 e. The minimum atomic E-state index is -1.49. The lowest BCUT2D eigenvalue weighted by molar-refractivity contribution is -0.121. The van der Waals surface area contributed by atoms with Crippen molar-refractivity contribution in [3.63, 3.8) is 0 Å². The Morgan fingerprint density at radius 3 is 2.34 bits per heavy atom. The summed E-state index contributed by atoms with van der Waals surface area (Å²) in [4.78, 5) is 16.5. The van der Waals surface area contributed by atoms with E-state index in [9.17, 15) is 10.1 Å². The number of benzene rings is 3. The smallest absolute Gasteiger partial charge is 0.247 e. The SMILES string of the molecule is CC(C)CCN1C(=O)C2(C(C#N)=C(N)Oc3c2c(-c2ccccc2)nn3-c2ccccc2)c2ccccc21. The van der Waals surface area contributed by atoms with E-state index >= 15 is 0 Å². The van der Waals surface area contributed by atoms with Crippen LogP contribution in [-0.4, -0.2) is 22.2 Å². The van der Waals surface area contributed by atoms with E-state index in [1.54, 1.807) is 9.58 Å². The van der Waals surface area contributed by atoms with Gasteiger partial charge >= 0.3 is 0 Å². The van der Waals surface area contributed by atoms with E-state index in [1.807, 2.05) is 84.9 Å². The van der Waals surface area contributed by atoms with Crippen LogP contribution in [0, 0.1) is 17.2 Å². The molecule has 7 nitrogen and oxygen atoms in total. The molecular weight excluding hydrogens is 474 g/mol. The predicted molar refractivity (Wildman–Crippen MR) is 145 cm³/mol. The Labute approximate surface area is 221 Å². The van der Waals surface area contributed by atoms with Crippen LogP contribution < -0.4 is 15.4 Å². The Balaban J connectivity index is 1.72. The van der Waals surface area contributed by atoms with Gasteiger partial charge in [0, 0.05) is 23.4 Å². The summed E-state index contributed by atoms with van der Waals surface area (Å²) in [5.41, 5.74) is 9.21. The number of aromatic nitrogens is 2. The number of rotatable bonds is 5. The molecule has 3 heterocycles. The van der Waals surface area contributed by atoms with Gasteiger partial charge in [-0.05, 0) is 30.5 Å². The first kappa shape index (κ1) is 23.6. The summed E-state index contributed by atoms with van der Waals surface area (Å²) in [6.07, 6.45) is 0.815. The fraction of sp³-hybridized carbons (Fsp3) is 0.194. The molecule has 7 heteroatoms. The second kappa shape index (κ2) is 8.93. The monoisotopic (exact) mass is 501 g/mol. The molecule has 0 bridgehead atoms. The molecular formula is C31H27N5O2. The Morgan fingerprint density at radius 2 is 1.66 bits per heavy atom. The number of para-hydroxylation sites is 2. The Bertz CT molecular complexity index is 1620. The second-order valence-electron chi connectivity index (χ2n) is 10.0. The van der Waals surface area contributed by atoms with Gasteiger partial charge in [-0.3, -0.25) is 4.79 Å². The predicted octanol–water partition coefficient (Wildman–Crippen LogP) is 5.30. The van der Waals surface area contributed by atoms with E-state index in [4.69, 9.17) is 15.6 Å². The maximum atomic E-state index is 14.8. The molecule has 0 fully saturated rings. The van der Waals surface area contributed by atoms with E-state index in [0.717, 1.165) is 23.4 Å². The van der Waals surface area contributed by atoms with Gasteiger partial charge in [0.1, 0.15) is 22.8 Å². The molecule has 3 aromatic carbocycles. The fourth-order valence-corrected chi connectivity index (χ4v) is 5.53. The molecule has 1 unspecified atom stereocenters. The second-order valence-corrected chi connectivity index (χ2v) is 10.0. The van der Waals surface area contributed by atoms with Crippen LogP contribution in [0.1, 0.15) is 31.4 Å². The number of nitrogens with two attached hydrogens (primary N) is 1. The first-order valence-electron chi connectivity index (χ1n) is 12.7. The summed E-state index contributed by atoms with van der Waals surface area (Å²) >= 11 is 0. The highest BCUT2D eigenvalue weighted by molar-refractivity contribution is 6.15. The molecule has 6 rings (SSSR count). The van der Waals surface area contributed by atoms with E-state index in [-0.39, 0.29) is 17.4 Å². The average Bonchev–Trinajstić information content (AvgIpc) is 3.43. The van der Waals surface area contributed by atoms with Crippen molar-refractivity contribution in [3.8, 4) is 28.9 Å². The Morgan fingerprint density at radius 1 is 1.00 bits per heavy atom. The molecule has 2 aliphatic heterocycles. The maximum Gasteiger partial charge on any atom is 0.247 e. The number of anilines is 1. The molecule has 188 valence electrons. The van der Waals surface area contributed by atoms with Crippen LogP contribution in [0.2, 0.25) is 0 Å². The van der Waals surface area contributed by atoms with Crippen molar-refractivity contribution >= 4 is 11.6 Å². The Kier molecular flexibility index (Phi) is 5.54. The number of carbonyl (C=O) groups excluding carboxylic acids is 1. The van der Waals surface area contributed by atoms with Gasteiger partial charge in [0.25, 0.3) is 0 Å². The van der Waals surface area contributed by atoms with E-state index < -0.39 is 5.41 Å². The van der Waals surface area contributed by atoms with Crippen molar-refractivity contribution < 1.29 is 9.53 Å². The van der Waals surface area contributed by atoms with Gasteiger partial charge in [-0.15, -0.1) is 0 Å². The van der Waals surface area contributed by atoms with E-state index in [2.05, 4.69) is 19.9 Å². The molecule has 0 saturated heterocycles. The zero-order valence-corrected chi connectivity index (χ0v) is 21.3. The lowest BCUT2D eigenvalue weighted by Gasteiger charge is -2.33. The molecule has 0 saturated carbocycles. The highest BCUT2D eigenvalue weighted by Crippen LogP contribution is 2.57. The van der Waals surface area contributed by atoms with E-state index in [1.165, 1.54) is 0 Å². The van der Waals surface area contributed by atoms with Gasteiger partial charge in [0.15, 0.2) is 0 Å². The molecule has 0 radical (unpaired) electrons. The number of hydrogen-bond donors (Lipinski definition) is 1. The number of carbonyl (C=O) groups is 1. The van der Waals surface area contributed by atoms with Crippen LogP contribution in [0.4, 0.5) is 5.69 Å². The molecule has 38 heavy (non-hydrogen) atoms. The van der Waals surface area contributed by atoms with Gasteiger partial charge in [-0.25, -0.2) is 0 Å². The summed E-state index contributed by atoms with van der Waals surface area (Å²) < 4.78 is 7.84. The Hall–Kier alpha value is -4.83. The normalized spacial score (nSPS) is 17.9. The van der Waals surface area contributed by atoms with Crippen molar-refractivity contribution in [1.82, 2.24) is 9.78 Å². The summed E-state index contributed by atoms with van der Waals surface area (Å²) in [5.74, 6) is 0.424.